The summed E-state index contributed by atoms with van der Waals surface area (Å²) in [4.78, 5) is 54.8. The number of carbonyl (C=O) groups excluding carboxylic acids is 4. The molecule has 2 heterocycles. The van der Waals surface area contributed by atoms with Crippen LogP contribution in [0.15, 0.2) is 66.0 Å². The Morgan fingerprint density at radius 1 is 1.03 bits per heavy atom. The van der Waals surface area contributed by atoms with Crippen molar-refractivity contribution in [2.45, 2.75) is 32.9 Å². The Morgan fingerprint density at radius 3 is 2.37 bits per heavy atom. The number of nitrogens with one attached hydrogen (secondary N) is 1. The van der Waals surface area contributed by atoms with Crippen LogP contribution in [0, 0.1) is 6.92 Å². The summed E-state index contributed by atoms with van der Waals surface area (Å²) in [6.07, 6.45) is -0.196. The summed E-state index contributed by atoms with van der Waals surface area (Å²) in [5.74, 6) is -1.30. The van der Waals surface area contributed by atoms with Crippen LogP contribution in [0.5, 0.6) is 0 Å². The van der Waals surface area contributed by atoms with Gasteiger partial charge in [0.2, 0.25) is 5.91 Å². The summed E-state index contributed by atoms with van der Waals surface area (Å²) in [5, 5.41) is 4.65. The molecule has 1 aromatic heterocycles. The van der Waals surface area contributed by atoms with Gasteiger partial charge in [-0.15, -0.1) is 11.3 Å². The number of aryl methyl sites for hydroxylation is 1. The number of esters is 1. The number of hydrogen-bond acceptors (Lipinski definition) is 6. The lowest BCUT2D eigenvalue weighted by atomic mass is 10.1. The molecule has 1 saturated heterocycles. The number of urea groups is 1. The van der Waals surface area contributed by atoms with Crippen LogP contribution >= 0.6 is 11.3 Å². The second-order valence-electron chi connectivity index (χ2n) is 8.06. The highest BCUT2D eigenvalue weighted by molar-refractivity contribution is 7.09. The summed E-state index contributed by atoms with van der Waals surface area (Å²) in [6, 6.07) is 15.8. The fraction of sp³-hybridized carbons (Fsp3) is 0.231. The lowest BCUT2D eigenvalue weighted by Gasteiger charge is -2.21. The second-order valence-corrected chi connectivity index (χ2v) is 9.10. The van der Waals surface area contributed by atoms with E-state index in [0.717, 1.165) is 15.3 Å². The van der Waals surface area contributed by atoms with Crippen molar-refractivity contribution in [3.05, 3.63) is 82.0 Å². The minimum Gasteiger partial charge on any atom is -0.462 e. The molecule has 1 aliphatic heterocycles. The van der Waals surface area contributed by atoms with Crippen molar-refractivity contribution in [3.63, 3.8) is 0 Å². The second kappa shape index (κ2) is 10.5. The van der Waals surface area contributed by atoms with E-state index in [-0.39, 0.29) is 19.6 Å². The lowest BCUT2D eigenvalue weighted by Crippen LogP contribution is -2.37. The quantitative estimate of drug-likeness (QED) is 0.367. The van der Waals surface area contributed by atoms with Gasteiger partial charge >= 0.3 is 12.0 Å². The third kappa shape index (κ3) is 5.41. The van der Waals surface area contributed by atoms with Gasteiger partial charge < -0.3 is 15.0 Å². The highest BCUT2D eigenvalue weighted by Crippen LogP contribution is 2.29. The van der Waals surface area contributed by atoms with Crippen LogP contribution in [-0.4, -0.2) is 41.4 Å². The molecule has 3 aromatic rings. The molecule has 0 aliphatic carbocycles. The number of imide groups is 1. The number of thiophene rings is 1. The van der Waals surface area contributed by atoms with Gasteiger partial charge in [-0.05, 0) is 61.7 Å². The third-order valence-corrected chi connectivity index (χ3v) is 6.44. The van der Waals surface area contributed by atoms with Crippen molar-refractivity contribution < 1.29 is 23.9 Å². The summed E-state index contributed by atoms with van der Waals surface area (Å²) >= 11 is 1.48. The largest absolute Gasteiger partial charge is 0.462 e. The number of benzene rings is 2. The first-order valence-corrected chi connectivity index (χ1v) is 12.1. The Labute approximate surface area is 207 Å². The van der Waals surface area contributed by atoms with E-state index in [1.165, 1.54) is 16.2 Å². The Kier molecular flexibility index (Phi) is 7.26. The van der Waals surface area contributed by atoms with Crippen LogP contribution in [-0.2, 0) is 20.9 Å². The number of ether oxygens (including phenoxy) is 1. The number of nitrogens with zero attached hydrogens (tertiary/aromatic N) is 2. The van der Waals surface area contributed by atoms with E-state index in [4.69, 9.17) is 4.74 Å². The van der Waals surface area contributed by atoms with Crippen LogP contribution < -0.4 is 10.2 Å². The Bertz CT molecular complexity index is 1220. The van der Waals surface area contributed by atoms with E-state index in [2.05, 4.69) is 5.32 Å². The van der Waals surface area contributed by atoms with Crippen LogP contribution in [0.25, 0.3) is 0 Å². The summed E-state index contributed by atoms with van der Waals surface area (Å²) < 4.78 is 4.96. The standard InChI is InChI=1S/C26H25N3O5S/c1-3-34-25(32)18-8-10-19(11-9-18)27-23(30)15-22-24(31)29(20-12-6-17(2)7-13-20)26(33)28(22)16-21-5-4-14-35-21/h4-14,22H,3,15-16H2,1-2H3,(H,27,30). The van der Waals surface area contributed by atoms with Gasteiger partial charge in [0, 0.05) is 10.6 Å². The Balaban J connectivity index is 1.51. The van der Waals surface area contributed by atoms with Crippen molar-refractivity contribution in [1.82, 2.24) is 4.90 Å². The first-order chi connectivity index (χ1) is 16.9. The predicted octanol–water partition coefficient (Wildman–Crippen LogP) is 4.60. The summed E-state index contributed by atoms with van der Waals surface area (Å²) in [5.41, 5.74) is 2.32. The molecule has 1 fully saturated rings. The SMILES string of the molecule is CCOC(=O)c1ccc(NC(=O)CC2C(=O)N(c3ccc(C)cc3)C(=O)N2Cc2cccs2)cc1. The zero-order valence-corrected chi connectivity index (χ0v) is 20.2. The molecule has 4 rings (SSSR count). The van der Waals surface area contributed by atoms with Crippen LogP contribution in [0.1, 0.15) is 34.1 Å². The van der Waals surface area contributed by atoms with E-state index in [1.807, 2.05) is 36.6 Å². The average Bonchev–Trinajstić information content (AvgIpc) is 3.43. The zero-order valence-electron chi connectivity index (χ0n) is 19.4. The van der Waals surface area contributed by atoms with Crippen molar-refractivity contribution in [1.29, 1.82) is 0 Å². The maximum absolute atomic E-state index is 13.3. The van der Waals surface area contributed by atoms with Crippen molar-refractivity contribution in [2.75, 3.05) is 16.8 Å². The molecule has 180 valence electrons. The molecule has 1 N–H and O–H groups in total. The number of hydrogen-bond donors (Lipinski definition) is 1. The van der Waals surface area contributed by atoms with Gasteiger partial charge in [0.05, 0.1) is 30.8 Å². The molecule has 8 nitrogen and oxygen atoms in total. The minimum atomic E-state index is -0.940. The molecule has 2 aromatic carbocycles. The van der Waals surface area contributed by atoms with E-state index >= 15 is 0 Å². The molecule has 4 amide bonds. The Hall–Kier alpha value is -3.98. The van der Waals surface area contributed by atoms with Crippen molar-refractivity contribution in [3.8, 4) is 0 Å². The van der Waals surface area contributed by atoms with E-state index in [0.29, 0.717) is 16.9 Å². The molecular formula is C26H25N3O5S. The van der Waals surface area contributed by atoms with Crippen molar-refractivity contribution >= 4 is 46.5 Å². The van der Waals surface area contributed by atoms with Crippen LogP contribution in [0.4, 0.5) is 16.2 Å². The smallest absolute Gasteiger partial charge is 0.338 e. The summed E-state index contributed by atoms with van der Waals surface area (Å²) in [6.45, 7) is 4.15. The fourth-order valence-electron chi connectivity index (χ4n) is 3.81. The lowest BCUT2D eigenvalue weighted by molar-refractivity contribution is -0.124. The molecule has 1 atom stereocenters. The maximum Gasteiger partial charge on any atom is 0.338 e. The van der Waals surface area contributed by atoms with Crippen LogP contribution in [0.3, 0.4) is 0 Å². The number of carbonyl (C=O) groups is 4. The van der Waals surface area contributed by atoms with E-state index in [9.17, 15) is 19.2 Å². The molecule has 0 spiro atoms. The first-order valence-electron chi connectivity index (χ1n) is 11.2. The Morgan fingerprint density at radius 2 is 1.74 bits per heavy atom. The number of rotatable bonds is 8. The molecule has 0 bridgehead atoms. The third-order valence-electron chi connectivity index (χ3n) is 5.58. The maximum atomic E-state index is 13.3. The van der Waals surface area contributed by atoms with Gasteiger partial charge in [0.1, 0.15) is 6.04 Å². The molecule has 0 saturated carbocycles. The van der Waals surface area contributed by atoms with Gasteiger partial charge in [0.15, 0.2) is 0 Å². The van der Waals surface area contributed by atoms with E-state index < -0.39 is 29.9 Å². The van der Waals surface area contributed by atoms with Gasteiger partial charge in [0.25, 0.3) is 5.91 Å². The van der Waals surface area contributed by atoms with Gasteiger partial charge in [-0.1, -0.05) is 23.8 Å². The van der Waals surface area contributed by atoms with Gasteiger partial charge in [-0.3, -0.25) is 9.59 Å². The minimum absolute atomic E-state index is 0.196. The summed E-state index contributed by atoms with van der Waals surface area (Å²) in [7, 11) is 0. The highest BCUT2D eigenvalue weighted by atomic mass is 32.1. The molecular weight excluding hydrogens is 466 g/mol. The molecule has 35 heavy (non-hydrogen) atoms. The fourth-order valence-corrected chi connectivity index (χ4v) is 4.51. The van der Waals surface area contributed by atoms with Crippen LogP contribution in [0.2, 0.25) is 0 Å². The van der Waals surface area contributed by atoms with Crippen molar-refractivity contribution in [2.24, 2.45) is 0 Å². The van der Waals surface area contributed by atoms with Gasteiger partial charge in [-0.25, -0.2) is 14.5 Å². The molecule has 1 unspecified atom stereocenters. The predicted molar refractivity (Wildman–Crippen MR) is 133 cm³/mol. The molecule has 1 aliphatic rings. The topological polar surface area (TPSA) is 96.0 Å². The normalized spacial score (nSPS) is 15.4. The highest BCUT2D eigenvalue weighted by Gasteiger charge is 2.46. The first kappa shape index (κ1) is 24.2. The molecule has 9 heteroatoms. The van der Waals surface area contributed by atoms with Gasteiger partial charge in [-0.2, -0.15) is 0 Å². The number of anilines is 2. The average molecular weight is 492 g/mol. The van der Waals surface area contributed by atoms with E-state index in [1.54, 1.807) is 43.3 Å². The monoisotopic (exact) mass is 491 g/mol. The zero-order chi connectivity index (χ0) is 24.9. The molecule has 0 radical (unpaired) electrons. The number of amides is 4.